The predicted molar refractivity (Wildman–Crippen MR) is 116 cm³/mol. The smallest absolute Gasteiger partial charge is 0.255 e. The van der Waals surface area contributed by atoms with Gasteiger partial charge in [-0.05, 0) is 30.5 Å². The van der Waals surface area contributed by atoms with Gasteiger partial charge >= 0.3 is 0 Å². The Balaban J connectivity index is 3.15. The van der Waals surface area contributed by atoms with Crippen LogP contribution >= 0.6 is 0 Å². The highest BCUT2D eigenvalue weighted by Gasteiger charge is 2.30. The molecular weight excluding hydrogens is 428 g/mol. The van der Waals surface area contributed by atoms with Crippen LogP contribution in [0.2, 0.25) is 0 Å². The van der Waals surface area contributed by atoms with E-state index >= 15 is 0 Å². The average Bonchev–Trinajstić information content (AvgIpc) is 2.71. The molecular formula is C21H33F2N3O4S. The van der Waals surface area contributed by atoms with E-state index in [1.165, 1.54) is 28.6 Å². The van der Waals surface area contributed by atoms with E-state index in [2.05, 4.69) is 5.32 Å². The second kappa shape index (κ2) is 12.1. The Bertz CT molecular complexity index is 843. The van der Waals surface area contributed by atoms with Gasteiger partial charge in [0.1, 0.15) is 6.04 Å². The number of nitrogens with zero attached hydrogens (tertiary/aromatic N) is 2. The zero-order chi connectivity index (χ0) is 23.8. The van der Waals surface area contributed by atoms with E-state index in [-0.39, 0.29) is 36.0 Å². The van der Waals surface area contributed by atoms with E-state index in [0.29, 0.717) is 6.42 Å². The molecule has 0 spiro atoms. The second-order valence-corrected chi connectivity index (χ2v) is 9.43. The molecule has 176 valence electrons. The van der Waals surface area contributed by atoms with Gasteiger partial charge in [0.05, 0.1) is 11.4 Å². The topological polar surface area (TPSA) is 86.8 Å². The van der Waals surface area contributed by atoms with Crippen LogP contribution in [0.1, 0.15) is 51.4 Å². The fourth-order valence-corrected chi connectivity index (χ4v) is 4.68. The maximum atomic E-state index is 12.9. The summed E-state index contributed by atoms with van der Waals surface area (Å²) in [5, 5.41) is 2.60. The first kappa shape index (κ1) is 27.0. The lowest BCUT2D eigenvalue weighted by Gasteiger charge is -2.29. The van der Waals surface area contributed by atoms with E-state index in [9.17, 15) is 26.8 Å². The van der Waals surface area contributed by atoms with Crippen LogP contribution in [0.3, 0.4) is 0 Å². The summed E-state index contributed by atoms with van der Waals surface area (Å²) in [4.78, 5) is 26.7. The number of amides is 2. The minimum Gasteiger partial charge on any atom is -0.340 e. The predicted octanol–water partition coefficient (Wildman–Crippen LogP) is 2.98. The molecule has 0 saturated heterocycles. The summed E-state index contributed by atoms with van der Waals surface area (Å²) in [7, 11) is -3.76. The molecule has 1 unspecified atom stereocenters. The van der Waals surface area contributed by atoms with Crippen LogP contribution in [-0.2, 0) is 14.8 Å². The molecule has 1 N–H and O–H groups in total. The van der Waals surface area contributed by atoms with Crippen LogP contribution in [0.25, 0.3) is 0 Å². The molecule has 7 nitrogen and oxygen atoms in total. The van der Waals surface area contributed by atoms with Crippen molar-refractivity contribution in [2.45, 2.75) is 58.4 Å². The summed E-state index contributed by atoms with van der Waals surface area (Å²) in [5.41, 5.74) is 0.0718. The van der Waals surface area contributed by atoms with Crippen LogP contribution in [0.4, 0.5) is 8.78 Å². The first-order chi connectivity index (χ1) is 14.5. The molecule has 0 bridgehead atoms. The van der Waals surface area contributed by atoms with Gasteiger partial charge < -0.3 is 10.2 Å². The largest absolute Gasteiger partial charge is 0.340 e. The molecule has 0 aliphatic heterocycles. The fourth-order valence-electron chi connectivity index (χ4n) is 3.17. The van der Waals surface area contributed by atoms with Crippen molar-refractivity contribution in [1.82, 2.24) is 14.5 Å². The lowest BCUT2D eigenvalue weighted by atomic mass is 10.0. The average molecular weight is 462 g/mol. The van der Waals surface area contributed by atoms with Crippen molar-refractivity contribution >= 4 is 21.8 Å². The molecule has 0 aromatic heterocycles. The number of alkyl halides is 2. The Morgan fingerprint density at radius 1 is 1.10 bits per heavy atom. The SMILES string of the molecule is CCCN(CC(F)F)C(=O)C(NC(=O)c1cccc(S(=O)(=O)N(CC)CC)c1)C(C)C. The van der Waals surface area contributed by atoms with E-state index in [0.717, 1.165) is 4.90 Å². The van der Waals surface area contributed by atoms with Crippen LogP contribution in [0.15, 0.2) is 29.2 Å². The number of nitrogens with one attached hydrogen (secondary N) is 1. The fraction of sp³-hybridized carbons (Fsp3) is 0.619. The summed E-state index contributed by atoms with van der Waals surface area (Å²) in [6.45, 7) is 8.65. The van der Waals surface area contributed by atoms with Gasteiger partial charge in [-0.1, -0.05) is 40.7 Å². The number of benzene rings is 1. The molecule has 31 heavy (non-hydrogen) atoms. The van der Waals surface area contributed by atoms with Gasteiger partial charge in [-0.25, -0.2) is 17.2 Å². The third-order valence-corrected chi connectivity index (χ3v) is 6.87. The Morgan fingerprint density at radius 2 is 1.71 bits per heavy atom. The summed E-state index contributed by atoms with van der Waals surface area (Å²) in [6, 6.07) is 4.55. The number of sulfonamides is 1. The van der Waals surface area contributed by atoms with E-state index in [4.69, 9.17) is 0 Å². The third-order valence-electron chi connectivity index (χ3n) is 4.82. The summed E-state index contributed by atoms with van der Waals surface area (Å²) in [5.74, 6) is -1.58. The normalized spacial score (nSPS) is 13.0. The number of rotatable bonds is 12. The summed E-state index contributed by atoms with van der Waals surface area (Å²) >= 11 is 0. The van der Waals surface area contributed by atoms with E-state index in [1.54, 1.807) is 34.6 Å². The van der Waals surface area contributed by atoms with Gasteiger partial charge in [0, 0.05) is 25.2 Å². The van der Waals surface area contributed by atoms with Crippen LogP contribution in [0.5, 0.6) is 0 Å². The van der Waals surface area contributed by atoms with Crippen molar-refractivity contribution in [3.8, 4) is 0 Å². The van der Waals surface area contributed by atoms with Gasteiger partial charge in [-0.2, -0.15) is 4.31 Å². The second-order valence-electron chi connectivity index (χ2n) is 7.49. The molecule has 0 aliphatic carbocycles. The highest BCUT2D eigenvalue weighted by atomic mass is 32.2. The van der Waals surface area contributed by atoms with Gasteiger partial charge in [0.15, 0.2) is 0 Å². The Hall–Kier alpha value is -2.07. The molecule has 0 radical (unpaired) electrons. The van der Waals surface area contributed by atoms with Gasteiger partial charge in [-0.15, -0.1) is 0 Å². The first-order valence-corrected chi connectivity index (χ1v) is 11.9. The highest BCUT2D eigenvalue weighted by molar-refractivity contribution is 7.89. The van der Waals surface area contributed by atoms with Crippen LogP contribution in [-0.4, -0.2) is 68.1 Å². The standard InChI is InChI=1S/C21H33F2N3O4S/c1-6-12-25(14-18(22)23)21(28)19(15(4)5)24-20(27)16-10-9-11-17(13-16)31(29,30)26(7-2)8-3/h9-11,13,15,18-19H,6-8,12,14H2,1-5H3,(H,24,27). The van der Waals surface area contributed by atoms with Crippen LogP contribution < -0.4 is 5.32 Å². The Kier molecular flexibility index (Phi) is 10.5. The van der Waals surface area contributed by atoms with E-state index in [1.807, 2.05) is 0 Å². The van der Waals surface area contributed by atoms with Crippen molar-refractivity contribution in [3.63, 3.8) is 0 Å². The van der Waals surface area contributed by atoms with Crippen LogP contribution in [0, 0.1) is 5.92 Å². The number of halogens is 2. The molecule has 0 heterocycles. The monoisotopic (exact) mass is 461 g/mol. The number of hydrogen-bond acceptors (Lipinski definition) is 4. The van der Waals surface area contributed by atoms with Crippen molar-refractivity contribution in [1.29, 1.82) is 0 Å². The Labute approximate surface area is 183 Å². The van der Waals surface area contributed by atoms with Gasteiger partial charge in [-0.3, -0.25) is 9.59 Å². The highest BCUT2D eigenvalue weighted by Crippen LogP contribution is 2.18. The van der Waals surface area contributed by atoms with Crippen molar-refractivity contribution in [2.24, 2.45) is 5.92 Å². The number of hydrogen-bond donors (Lipinski definition) is 1. The zero-order valence-corrected chi connectivity index (χ0v) is 19.6. The lowest BCUT2D eigenvalue weighted by Crippen LogP contribution is -2.52. The van der Waals surface area contributed by atoms with Crippen molar-refractivity contribution in [2.75, 3.05) is 26.2 Å². The molecule has 1 aromatic carbocycles. The van der Waals surface area contributed by atoms with E-state index < -0.39 is 40.8 Å². The molecule has 1 atom stereocenters. The quantitative estimate of drug-likeness (QED) is 0.519. The molecule has 1 aromatic rings. The molecule has 1 rings (SSSR count). The number of carbonyl (C=O) groups excluding carboxylic acids is 2. The van der Waals surface area contributed by atoms with Gasteiger partial charge in [0.2, 0.25) is 15.9 Å². The lowest BCUT2D eigenvalue weighted by molar-refractivity contribution is -0.136. The summed E-state index contributed by atoms with van der Waals surface area (Å²) in [6.07, 6.45) is -2.18. The maximum absolute atomic E-state index is 12.9. The van der Waals surface area contributed by atoms with Gasteiger partial charge in [0.25, 0.3) is 12.3 Å². The Morgan fingerprint density at radius 3 is 2.19 bits per heavy atom. The third kappa shape index (κ3) is 7.24. The number of carbonyl (C=O) groups is 2. The molecule has 10 heteroatoms. The van der Waals surface area contributed by atoms with Crippen molar-refractivity contribution in [3.05, 3.63) is 29.8 Å². The van der Waals surface area contributed by atoms with Crippen molar-refractivity contribution < 1.29 is 26.8 Å². The molecule has 2 amide bonds. The molecule has 0 fully saturated rings. The molecule has 0 saturated carbocycles. The summed E-state index contributed by atoms with van der Waals surface area (Å²) < 4.78 is 52.5. The minimum absolute atomic E-state index is 0.0263. The molecule has 0 aliphatic rings. The zero-order valence-electron chi connectivity index (χ0n) is 18.8. The maximum Gasteiger partial charge on any atom is 0.255 e. The minimum atomic E-state index is -3.76. The first-order valence-electron chi connectivity index (χ1n) is 10.5.